The van der Waals surface area contributed by atoms with Gasteiger partial charge in [0.25, 0.3) is 0 Å². The first-order valence-electron chi connectivity index (χ1n) is 4.85. The molecule has 0 bridgehead atoms. The fourth-order valence-electron chi connectivity index (χ4n) is 0.799. The van der Waals surface area contributed by atoms with Gasteiger partial charge in [0.1, 0.15) is 0 Å². The summed E-state index contributed by atoms with van der Waals surface area (Å²) in [5.74, 6) is 0. The largest absolute Gasteiger partial charge is 0.673 e. The van der Waals surface area contributed by atoms with E-state index in [0.717, 1.165) is 6.04 Å². The van der Waals surface area contributed by atoms with E-state index >= 15 is 0 Å². The van der Waals surface area contributed by atoms with Gasteiger partial charge in [-0.2, -0.15) is 0 Å². The second-order valence-corrected chi connectivity index (χ2v) is 3.62. The Balaban J connectivity index is 0. The molecule has 0 heterocycles. The highest BCUT2D eigenvalue weighted by molar-refractivity contribution is 6.50. The van der Waals surface area contributed by atoms with Gasteiger partial charge in [-0.15, -0.1) is 0 Å². The molecule has 0 aromatic carbocycles. The van der Waals surface area contributed by atoms with Crippen molar-refractivity contribution in [1.82, 2.24) is 0 Å². The van der Waals surface area contributed by atoms with Crippen LogP contribution in [-0.4, -0.2) is 27.4 Å². The molecule has 0 radical (unpaired) electrons. The fourth-order valence-corrected chi connectivity index (χ4v) is 0.799. The molecular weight excluding hydrogens is 197 g/mol. The molecule has 0 aliphatic rings. The number of quaternary nitrogens is 1. The Morgan fingerprint density at radius 3 is 1.71 bits per heavy atom. The van der Waals surface area contributed by atoms with E-state index in [2.05, 4.69) is 27.9 Å². The molecule has 0 rings (SSSR count). The molecule has 0 amide bonds. The summed E-state index contributed by atoms with van der Waals surface area (Å²) in [6, 6.07) is 0.838. The third-order valence-electron chi connectivity index (χ3n) is 1.98. The Labute approximate surface area is 83.6 Å². The average Bonchev–Trinajstić information content (AvgIpc) is 1.96. The zero-order valence-corrected chi connectivity index (χ0v) is 9.29. The molecule has 0 aliphatic carbocycles. The number of hydrogen-bond donors (Lipinski definition) is 1. The number of hydrogen-bond acceptors (Lipinski definition) is 0. The van der Waals surface area contributed by atoms with Crippen molar-refractivity contribution in [3.8, 4) is 0 Å². The highest BCUT2D eigenvalue weighted by atomic mass is 19.5. The Hall–Kier alpha value is -0.255. The molecule has 0 fully saturated rings. The highest BCUT2D eigenvalue weighted by Gasteiger charge is 2.20. The van der Waals surface area contributed by atoms with Crippen molar-refractivity contribution in [3.05, 3.63) is 0 Å². The maximum Gasteiger partial charge on any atom is 0.673 e. The van der Waals surface area contributed by atoms with Crippen LogP contribution in [-0.2, 0) is 0 Å². The molecule has 88 valence electrons. The topological polar surface area (TPSA) is 4.44 Å². The molecule has 0 aromatic rings. The van der Waals surface area contributed by atoms with Crippen LogP contribution in [0.4, 0.5) is 17.3 Å². The summed E-state index contributed by atoms with van der Waals surface area (Å²) in [5, 5.41) is 0. The van der Waals surface area contributed by atoms with Crippen LogP contribution in [0.15, 0.2) is 0 Å². The van der Waals surface area contributed by atoms with Gasteiger partial charge in [-0.1, -0.05) is 13.3 Å². The lowest BCUT2D eigenvalue weighted by Gasteiger charge is -2.15. The summed E-state index contributed by atoms with van der Waals surface area (Å²) in [7, 11) is -1.55. The molecule has 14 heavy (non-hydrogen) atoms. The van der Waals surface area contributed by atoms with Gasteiger partial charge in [-0.25, -0.2) is 0 Å². The second-order valence-electron chi connectivity index (χ2n) is 3.62. The SMILES string of the molecule is CCCCC(C)[NH+](C)C.F[B-](F)(F)F. The predicted molar refractivity (Wildman–Crippen MR) is 52.0 cm³/mol. The van der Waals surface area contributed by atoms with Gasteiger partial charge in [0.15, 0.2) is 0 Å². The smallest absolute Gasteiger partial charge is 0.418 e. The summed E-state index contributed by atoms with van der Waals surface area (Å²) >= 11 is 0. The van der Waals surface area contributed by atoms with Crippen LogP contribution >= 0.6 is 0 Å². The van der Waals surface area contributed by atoms with E-state index in [1.807, 2.05) is 0 Å². The molecule has 1 nitrogen and oxygen atoms in total. The van der Waals surface area contributed by atoms with Crippen molar-refractivity contribution in [2.75, 3.05) is 14.1 Å². The van der Waals surface area contributed by atoms with E-state index in [9.17, 15) is 17.3 Å². The van der Waals surface area contributed by atoms with Crippen LogP contribution in [0.3, 0.4) is 0 Å². The molecule has 0 aromatic heterocycles. The molecule has 1 unspecified atom stereocenters. The molecule has 1 atom stereocenters. The zero-order chi connectivity index (χ0) is 11.8. The number of rotatable bonds is 4. The van der Waals surface area contributed by atoms with Crippen molar-refractivity contribution in [3.63, 3.8) is 0 Å². The van der Waals surface area contributed by atoms with Crippen molar-refractivity contribution in [1.29, 1.82) is 0 Å². The van der Waals surface area contributed by atoms with Crippen LogP contribution in [0.5, 0.6) is 0 Å². The van der Waals surface area contributed by atoms with Crippen molar-refractivity contribution >= 4 is 7.25 Å². The summed E-state index contributed by atoms with van der Waals surface area (Å²) < 4.78 is 39.0. The molecule has 0 spiro atoms. The lowest BCUT2D eigenvalue weighted by Crippen LogP contribution is -3.09. The normalized spacial score (nSPS) is 13.5. The van der Waals surface area contributed by atoms with E-state index in [0.29, 0.717) is 0 Å². The first-order valence-corrected chi connectivity index (χ1v) is 4.85. The highest BCUT2D eigenvalue weighted by Crippen LogP contribution is 2.06. The second kappa shape index (κ2) is 8.09. The number of unbranched alkanes of at least 4 members (excludes halogenated alkanes) is 1. The van der Waals surface area contributed by atoms with Crippen molar-refractivity contribution in [2.24, 2.45) is 0 Å². The van der Waals surface area contributed by atoms with Gasteiger partial charge in [-0.05, 0) is 19.8 Å². The standard InChI is InChI=1S/C8H19N.BF4/c1-5-6-7-8(2)9(3)4;2-1(3,4)5/h8H,5-7H2,1-4H3;/q;-1/p+1. The minimum Gasteiger partial charge on any atom is -0.418 e. The van der Waals surface area contributed by atoms with Crippen molar-refractivity contribution in [2.45, 2.75) is 39.2 Å². The summed E-state index contributed by atoms with van der Waals surface area (Å²) in [6.45, 7) is 4.56. The maximum absolute atomic E-state index is 9.75. The minimum absolute atomic E-state index is 0.838. The molecule has 0 saturated carbocycles. The summed E-state index contributed by atoms with van der Waals surface area (Å²) in [6.07, 6.45) is 4.09. The van der Waals surface area contributed by atoms with Crippen LogP contribution < -0.4 is 4.90 Å². The van der Waals surface area contributed by atoms with E-state index in [1.165, 1.54) is 19.3 Å². The molecule has 1 N–H and O–H groups in total. The van der Waals surface area contributed by atoms with E-state index in [1.54, 1.807) is 4.90 Å². The summed E-state index contributed by atoms with van der Waals surface area (Å²) in [4.78, 5) is 1.57. The van der Waals surface area contributed by atoms with Crippen LogP contribution in [0.1, 0.15) is 33.1 Å². The molecule has 0 aliphatic heterocycles. The third kappa shape index (κ3) is 22.6. The lowest BCUT2D eigenvalue weighted by atomic mass is 10.1. The first kappa shape index (κ1) is 16.2. The number of nitrogens with one attached hydrogen (secondary N) is 1. The molecule has 6 heteroatoms. The molecule has 0 saturated heterocycles. The van der Waals surface area contributed by atoms with Crippen LogP contribution in [0.25, 0.3) is 0 Å². The Bertz CT molecular complexity index is 121. The van der Waals surface area contributed by atoms with Crippen LogP contribution in [0, 0.1) is 0 Å². The fraction of sp³-hybridized carbons (Fsp3) is 1.00. The van der Waals surface area contributed by atoms with E-state index < -0.39 is 7.25 Å². The van der Waals surface area contributed by atoms with E-state index in [4.69, 9.17) is 0 Å². The Morgan fingerprint density at radius 1 is 1.14 bits per heavy atom. The van der Waals surface area contributed by atoms with Crippen LogP contribution in [0.2, 0.25) is 0 Å². The van der Waals surface area contributed by atoms with Gasteiger partial charge < -0.3 is 22.2 Å². The Kier molecular flexibility index (Phi) is 9.35. The van der Waals surface area contributed by atoms with Gasteiger partial charge >= 0.3 is 7.25 Å². The van der Waals surface area contributed by atoms with Gasteiger partial charge in [0.05, 0.1) is 20.1 Å². The molecular formula is C8H20BF4N. The quantitative estimate of drug-likeness (QED) is 0.542. The van der Waals surface area contributed by atoms with E-state index in [-0.39, 0.29) is 0 Å². The minimum atomic E-state index is -6.00. The maximum atomic E-state index is 9.75. The predicted octanol–water partition coefficient (Wildman–Crippen LogP) is 2.01. The summed E-state index contributed by atoms with van der Waals surface area (Å²) in [5.41, 5.74) is 0. The monoisotopic (exact) mass is 217 g/mol. The van der Waals surface area contributed by atoms with Gasteiger partial charge in [-0.3, -0.25) is 0 Å². The van der Waals surface area contributed by atoms with Gasteiger partial charge in [0.2, 0.25) is 0 Å². The third-order valence-corrected chi connectivity index (χ3v) is 1.98. The average molecular weight is 217 g/mol. The van der Waals surface area contributed by atoms with Gasteiger partial charge in [0, 0.05) is 0 Å². The Morgan fingerprint density at radius 2 is 1.50 bits per heavy atom. The lowest BCUT2D eigenvalue weighted by molar-refractivity contribution is -0.883. The number of halogens is 4. The van der Waals surface area contributed by atoms with Crippen molar-refractivity contribution < 1.29 is 22.2 Å². The first-order chi connectivity index (χ1) is 6.18. The zero-order valence-electron chi connectivity index (χ0n) is 9.29.